The molecule has 2 aromatic rings. The highest BCUT2D eigenvalue weighted by Gasteiger charge is 2.23. The van der Waals surface area contributed by atoms with E-state index in [2.05, 4.69) is 22.2 Å². The smallest absolute Gasteiger partial charge is 0.259 e. The highest BCUT2D eigenvalue weighted by atomic mass is 32.1. The zero-order valence-corrected chi connectivity index (χ0v) is 15.5. The minimum Gasteiger partial charge on any atom is -0.353 e. The van der Waals surface area contributed by atoms with Crippen LogP contribution in [0.15, 0.2) is 4.79 Å². The van der Waals surface area contributed by atoms with Crippen LogP contribution in [0, 0.1) is 5.92 Å². The van der Waals surface area contributed by atoms with Gasteiger partial charge in [0.1, 0.15) is 10.7 Å². The first kappa shape index (κ1) is 16.8. The summed E-state index contributed by atoms with van der Waals surface area (Å²) in [6.45, 7) is 2.22. The zero-order valence-electron chi connectivity index (χ0n) is 14.7. The van der Waals surface area contributed by atoms with Crippen LogP contribution in [-0.2, 0) is 24.1 Å². The molecule has 5 nitrogen and oxygen atoms in total. The first-order chi connectivity index (χ1) is 12.1. The van der Waals surface area contributed by atoms with Crippen molar-refractivity contribution < 1.29 is 4.79 Å². The summed E-state index contributed by atoms with van der Waals surface area (Å²) < 4.78 is 0. The van der Waals surface area contributed by atoms with Gasteiger partial charge in [0.15, 0.2) is 0 Å². The summed E-state index contributed by atoms with van der Waals surface area (Å²) in [5, 5.41) is 3.95. The Balaban J connectivity index is 1.42. The summed E-state index contributed by atoms with van der Waals surface area (Å²) in [5.74, 6) is 1.25. The number of aromatic amines is 1. The van der Waals surface area contributed by atoms with E-state index in [9.17, 15) is 9.59 Å². The Labute approximate surface area is 151 Å². The van der Waals surface area contributed by atoms with Gasteiger partial charge in [-0.3, -0.25) is 9.59 Å². The van der Waals surface area contributed by atoms with Gasteiger partial charge >= 0.3 is 0 Å². The molecule has 25 heavy (non-hydrogen) atoms. The Bertz CT molecular complexity index is 854. The van der Waals surface area contributed by atoms with Crippen LogP contribution in [0.25, 0.3) is 10.2 Å². The molecule has 134 valence electrons. The molecule has 1 amide bonds. The quantitative estimate of drug-likeness (QED) is 0.881. The van der Waals surface area contributed by atoms with Gasteiger partial charge in [-0.1, -0.05) is 19.8 Å². The second-order valence-electron chi connectivity index (χ2n) is 7.49. The van der Waals surface area contributed by atoms with Gasteiger partial charge < -0.3 is 10.3 Å². The van der Waals surface area contributed by atoms with E-state index in [1.807, 2.05) is 0 Å². The minimum absolute atomic E-state index is 0.0410. The largest absolute Gasteiger partial charge is 0.353 e. The van der Waals surface area contributed by atoms with Crippen molar-refractivity contribution >= 4 is 27.5 Å². The lowest BCUT2D eigenvalue weighted by atomic mass is 9.86. The fourth-order valence-electron chi connectivity index (χ4n) is 4.21. The van der Waals surface area contributed by atoms with Gasteiger partial charge in [0.05, 0.1) is 5.39 Å². The Kier molecular flexibility index (Phi) is 4.63. The van der Waals surface area contributed by atoms with Gasteiger partial charge in [0.2, 0.25) is 5.91 Å². The Morgan fingerprint density at radius 1 is 1.28 bits per heavy atom. The zero-order chi connectivity index (χ0) is 17.4. The first-order valence-electron chi connectivity index (χ1n) is 9.44. The van der Waals surface area contributed by atoms with Crippen molar-refractivity contribution in [3.05, 3.63) is 26.6 Å². The number of hydrogen-bond acceptors (Lipinski definition) is 4. The van der Waals surface area contributed by atoms with Crippen LogP contribution >= 0.6 is 11.3 Å². The second kappa shape index (κ2) is 6.90. The molecule has 2 heterocycles. The maximum atomic E-state index is 12.4. The molecule has 0 aliphatic heterocycles. The number of rotatable bonds is 4. The summed E-state index contributed by atoms with van der Waals surface area (Å²) in [4.78, 5) is 34.4. The molecule has 0 radical (unpaired) electrons. The highest BCUT2D eigenvalue weighted by molar-refractivity contribution is 7.18. The van der Waals surface area contributed by atoms with E-state index in [4.69, 9.17) is 0 Å². The van der Waals surface area contributed by atoms with E-state index in [1.165, 1.54) is 29.7 Å². The summed E-state index contributed by atoms with van der Waals surface area (Å²) in [6.07, 6.45) is 8.79. The molecule has 0 saturated heterocycles. The molecule has 2 atom stereocenters. The Morgan fingerprint density at radius 3 is 2.96 bits per heavy atom. The van der Waals surface area contributed by atoms with E-state index in [0.29, 0.717) is 30.6 Å². The van der Waals surface area contributed by atoms with Gasteiger partial charge in [0.25, 0.3) is 5.56 Å². The van der Waals surface area contributed by atoms with Crippen LogP contribution in [0.3, 0.4) is 0 Å². The van der Waals surface area contributed by atoms with Crippen molar-refractivity contribution in [1.82, 2.24) is 15.3 Å². The van der Waals surface area contributed by atoms with Crippen molar-refractivity contribution in [2.24, 2.45) is 5.92 Å². The second-order valence-corrected chi connectivity index (χ2v) is 8.57. The fraction of sp³-hybridized carbons (Fsp3) is 0.632. The molecule has 1 fully saturated rings. The van der Waals surface area contributed by atoms with Crippen molar-refractivity contribution in [1.29, 1.82) is 0 Å². The van der Waals surface area contributed by atoms with Gasteiger partial charge in [-0.25, -0.2) is 4.98 Å². The van der Waals surface area contributed by atoms with Gasteiger partial charge in [-0.2, -0.15) is 0 Å². The number of nitrogens with one attached hydrogen (secondary N) is 2. The predicted octanol–water partition coefficient (Wildman–Crippen LogP) is 3.10. The molecule has 0 aromatic carbocycles. The number of aromatic nitrogens is 2. The topological polar surface area (TPSA) is 74.8 Å². The third-order valence-corrected chi connectivity index (χ3v) is 6.86. The number of amides is 1. The number of nitrogens with zero attached hydrogens (tertiary/aromatic N) is 1. The molecule has 6 heteroatoms. The lowest BCUT2D eigenvalue weighted by molar-refractivity contribution is -0.122. The molecular formula is C19H25N3O2S. The number of fused-ring (bicyclic) bond motifs is 3. The molecule has 2 unspecified atom stereocenters. The van der Waals surface area contributed by atoms with Gasteiger partial charge in [0, 0.05) is 23.8 Å². The normalized spacial score (nSPS) is 22.9. The standard InChI is InChI=1S/C19H25N3O2S/c1-11-5-2-3-7-13(11)20-16(23)10-9-15-21-18(24)17-12-6-4-8-14(12)25-19(17)22-15/h11,13H,2-10H2,1H3,(H,20,23)(H,21,22,24). The molecule has 2 aromatic heterocycles. The number of hydrogen-bond donors (Lipinski definition) is 2. The number of aryl methyl sites for hydroxylation is 3. The predicted molar refractivity (Wildman–Crippen MR) is 100 cm³/mol. The molecule has 2 aliphatic carbocycles. The Morgan fingerprint density at radius 2 is 2.12 bits per heavy atom. The lowest BCUT2D eigenvalue weighted by Crippen LogP contribution is -2.41. The van der Waals surface area contributed by atoms with Crippen molar-refractivity contribution in [2.45, 2.75) is 70.8 Å². The SMILES string of the molecule is CC1CCCCC1NC(=O)CCc1nc2sc3c(c2c(=O)[nH]1)CCC3. The molecule has 2 aliphatic rings. The summed E-state index contributed by atoms with van der Waals surface area (Å²) in [6, 6.07) is 0.302. The summed E-state index contributed by atoms with van der Waals surface area (Å²) in [7, 11) is 0. The van der Waals surface area contributed by atoms with Crippen molar-refractivity contribution in [3.63, 3.8) is 0 Å². The van der Waals surface area contributed by atoms with E-state index < -0.39 is 0 Å². The van der Waals surface area contributed by atoms with Gasteiger partial charge in [-0.05, 0) is 43.6 Å². The van der Waals surface area contributed by atoms with Crippen LogP contribution in [0.5, 0.6) is 0 Å². The lowest BCUT2D eigenvalue weighted by Gasteiger charge is -2.29. The van der Waals surface area contributed by atoms with E-state index in [-0.39, 0.29) is 11.5 Å². The number of carbonyl (C=O) groups excluding carboxylic acids is 1. The first-order valence-corrected chi connectivity index (χ1v) is 10.3. The average Bonchev–Trinajstić information content (AvgIpc) is 3.15. The minimum atomic E-state index is -0.0410. The third kappa shape index (κ3) is 3.36. The van der Waals surface area contributed by atoms with E-state index >= 15 is 0 Å². The van der Waals surface area contributed by atoms with Crippen molar-refractivity contribution in [3.8, 4) is 0 Å². The van der Waals surface area contributed by atoms with Crippen LogP contribution in [0.4, 0.5) is 0 Å². The maximum absolute atomic E-state index is 12.4. The van der Waals surface area contributed by atoms with E-state index in [1.54, 1.807) is 11.3 Å². The van der Waals surface area contributed by atoms with Crippen LogP contribution in [-0.4, -0.2) is 21.9 Å². The fourth-order valence-corrected chi connectivity index (χ4v) is 5.49. The molecule has 0 spiro atoms. The van der Waals surface area contributed by atoms with Crippen LogP contribution in [0.1, 0.15) is 61.7 Å². The van der Waals surface area contributed by atoms with E-state index in [0.717, 1.165) is 35.9 Å². The van der Waals surface area contributed by atoms with Gasteiger partial charge in [-0.15, -0.1) is 11.3 Å². The maximum Gasteiger partial charge on any atom is 0.259 e. The summed E-state index contributed by atoms with van der Waals surface area (Å²) in [5.41, 5.74) is 1.16. The third-order valence-electron chi connectivity index (χ3n) is 5.67. The van der Waals surface area contributed by atoms with Crippen LogP contribution in [0.2, 0.25) is 0 Å². The monoisotopic (exact) mass is 359 g/mol. The van der Waals surface area contributed by atoms with Crippen LogP contribution < -0.4 is 10.9 Å². The number of H-pyrrole nitrogens is 1. The summed E-state index contributed by atoms with van der Waals surface area (Å²) >= 11 is 1.65. The Hall–Kier alpha value is -1.69. The molecule has 2 N–H and O–H groups in total. The number of thiophene rings is 1. The molecule has 0 bridgehead atoms. The average molecular weight is 359 g/mol. The van der Waals surface area contributed by atoms with Crippen molar-refractivity contribution in [2.75, 3.05) is 0 Å². The highest BCUT2D eigenvalue weighted by Crippen LogP contribution is 2.34. The molecule has 4 rings (SSSR count). The number of carbonyl (C=O) groups is 1. The molecular weight excluding hydrogens is 334 g/mol. The molecule has 1 saturated carbocycles.